The summed E-state index contributed by atoms with van der Waals surface area (Å²) in [6, 6.07) is 3.26. The Kier molecular flexibility index (Phi) is 3.33. The third kappa shape index (κ3) is 2.62. The summed E-state index contributed by atoms with van der Waals surface area (Å²) in [5.41, 5.74) is 0.255. The highest BCUT2D eigenvalue weighted by atomic mass is 19.1. The van der Waals surface area contributed by atoms with Crippen molar-refractivity contribution in [3.8, 4) is 0 Å². The minimum absolute atomic E-state index is 0.0315. The van der Waals surface area contributed by atoms with Gasteiger partial charge in [-0.15, -0.1) is 0 Å². The van der Waals surface area contributed by atoms with E-state index in [1.807, 2.05) is 0 Å². The summed E-state index contributed by atoms with van der Waals surface area (Å²) >= 11 is 0. The molecule has 0 spiro atoms. The molecule has 1 nitrogen and oxygen atoms in total. The number of hydrogen-bond acceptors (Lipinski definition) is 1. The van der Waals surface area contributed by atoms with Crippen LogP contribution in [0, 0.1) is 17.6 Å². The number of rotatable bonds is 3. The Morgan fingerprint density at radius 2 is 2.00 bits per heavy atom. The molecule has 0 bridgehead atoms. The first-order valence-corrected chi connectivity index (χ1v) is 4.47. The highest BCUT2D eigenvalue weighted by Crippen LogP contribution is 2.12. The molecular formula is C11H12F2O. The number of hydrogen-bond donors (Lipinski definition) is 0. The van der Waals surface area contributed by atoms with Crippen molar-refractivity contribution < 1.29 is 13.6 Å². The molecule has 14 heavy (non-hydrogen) atoms. The second kappa shape index (κ2) is 4.31. The molecule has 0 heterocycles. The molecule has 0 atom stereocenters. The van der Waals surface area contributed by atoms with E-state index in [1.54, 1.807) is 13.8 Å². The van der Waals surface area contributed by atoms with Gasteiger partial charge in [0.15, 0.2) is 0 Å². The summed E-state index contributed by atoms with van der Waals surface area (Å²) < 4.78 is 25.6. The van der Waals surface area contributed by atoms with E-state index in [0.29, 0.717) is 0 Å². The Hall–Kier alpha value is -1.25. The van der Waals surface area contributed by atoms with Crippen LogP contribution in [0.1, 0.15) is 19.4 Å². The Bertz CT molecular complexity index is 345. The molecule has 1 aromatic carbocycles. The fourth-order valence-corrected chi connectivity index (χ4v) is 1.06. The standard InChI is InChI=1S/C11H12F2O/c1-7(2)11(14)5-8-3-4-9(12)6-10(8)13/h3-4,6-7H,5H2,1-2H3. The van der Waals surface area contributed by atoms with Crippen molar-refractivity contribution in [3.63, 3.8) is 0 Å². The minimum Gasteiger partial charge on any atom is -0.299 e. The molecule has 0 aliphatic carbocycles. The van der Waals surface area contributed by atoms with Crippen LogP contribution in [0.15, 0.2) is 18.2 Å². The van der Waals surface area contributed by atoms with Crippen molar-refractivity contribution in [2.45, 2.75) is 20.3 Å². The van der Waals surface area contributed by atoms with E-state index in [1.165, 1.54) is 6.07 Å². The third-order valence-corrected chi connectivity index (χ3v) is 2.02. The number of Topliss-reactive ketones (excluding diaryl/α,β-unsaturated/α-hetero) is 1. The van der Waals surface area contributed by atoms with Crippen LogP contribution >= 0.6 is 0 Å². The molecule has 0 aliphatic rings. The maximum absolute atomic E-state index is 13.1. The topological polar surface area (TPSA) is 17.1 Å². The molecule has 1 aromatic rings. The van der Waals surface area contributed by atoms with Gasteiger partial charge >= 0.3 is 0 Å². The van der Waals surface area contributed by atoms with Gasteiger partial charge in [0, 0.05) is 18.4 Å². The number of carbonyl (C=O) groups is 1. The van der Waals surface area contributed by atoms with Crippen molar-refractivity contribution in [2.24, 2.45) is 5.92 Å². The normalized spacial score (nSPS) is 10.6. The van der Waals surface area contributed by atoms with E-state index in [9.17, 15) is 13.6 Å². The number of ketones is 1. The van der Waals surface area contributed by atoms with Crippen LogP contribution in [0.5, 0.6) is 0 Å². The fourth-order valence-electron chi connectivity index (χ4n) is 1.06. The summed E-state index contributed by atoms with van der Waals surface area (Å²) in [6.07, 6.45) is 0.0315. The summed E-state index contributed by atoms with van der Waals surface area (Å²) in [6.45, 7) is 3.51. The first-order chi connectivity index (χ1) is 6.50. The maximum atomic E-state index is 13.1. The van der Waals surface area contributed by atoms with Crippen LogP contribution in [0.3, 0.4) is 0 Å². The highest BCUT2D eigenvalue weighted by molar-refractivity contribution is 5.82. The Morgan fingerprint density at radius 1 is 1.36 bits per heavy atom. The molecule has 0 aromatic heterocycles. The predicted octanol–water partition coefficient (Wildman–Crippen LogP) is 2.73. The van der Waals surface area contributed by atoms with Crippen LogP contribution in [0.2, 0.25) is 0 Å². The molecule has 0 fully saturated rings. The summed E-state index contributed by atoms with van der Waals surface area (Å²) in [5, 5.41) is 0. The van der Waals surface area contributed by atoms with Gasteiger partial charge in [-0.3, -0.25) is 4.79 Å². The van der Waals surface area contributed by atoms with Crippen LogP contribution in [0.25, 0.3) is 0 Å². The zero-order valence-corrected chi connectivity index (χ0v) is 8.18. The lowest BCUT2D eigenvalue weighted by atomic mass is 10.0. The van der Waals surface area contributed by atoms with E-state index in [4.69, 9.17) is 0 Å². The molecule has 1 rings (SSSR count). The van der Waals surface area contributed by atoms with Crippen LogP contribution in [-0.4, -0.2) is 5.78 Å². The summed E-state index contributed by atoms with van der Waals surface area (Å²) in [5.74, 6) is -1.45. The molecule has 0 radical (unpaired) electrons. The summed E-state index contributed by atoms with van der Waals surface area (Å²) in [4.78, 5) is 11.3. The van der Waals surface area contributed by atoms with E-state index in [-0.39, 0.29) is 23.7 Å². The molecule has 0 unspecified atom stereocenters. The zero-order chi connectivity index (χ0) is 10.7. The second-order valence-corrected chi connectivity index (χ2v) is 3.53. The predicted molar refractivity (Wildman–Crippen MR) is 49.9 cm³/mol. The number of carbonyl (C=O) groups excluding carboxylic acids is 1. The molecule has 0 saturated heterocycles. The lowest BCUT2D eigenvalue weighted by Crippen LogP contribution is -2.11. The second-order valence-electron chi connectivity index (χ2n) is 3.53. The molecule has 0 amide bonds. The van der Waals surface area contributed by atoms with Gasteiger partial charge in [0.25, 0.3) is 0 Å². The SMILES string of the molecule is CC(C)C(=O)Cc1ccc(F)cc1F. The van der Waals surface area contributed by atoms with Gasteiger partial charge in [-0.1, -0.05) is 19.9 Å². The highest BCUT2D eigenvalue weighted by Gasteiger charge is 2.11. The quantitative estimate of drug-likeness (QED) is 0.729. The van der Waals surface area contributed by atoms with E-state index in [0.717, 1.165) is 12.1 Å². The maximum Gasteiger partial charge on any atom is 0.139 e. The van der Waals surface area contributed by atoms with Crippen molar-refractivity contribution in [1.82, 2.24) is 0 Å². The van der Waals surface area contributed by atoms with Gasteiger partial charge in [0.05, 0.1) is 0 Å². The number of benzene rings is 1. The molecule has 0 N–H and O–H groups in total. The van der Waals surface area contributed by atoms with Crippen LogP contribution in [-0.2, 0) is 11.2 Å². The van der Waals surface area contributed by atoms with Crippen molar-refractivity contribution >= 4 is 5.78 Å². The zero-order valence-electron chi connectivity index (χ0n) is 8.18. The molecule has 76 valence electrons. The van der Waals surface area contributed by atoms with Crippen LogP contribution in [0.4, 0.5) is 8.78 Å². The lowest BCUT2D eigenvalue weighted by molar-refractivity contribution is -0.121. The average molecular weight is 198 g/mol. The largest absolute Gasteiger partial charge is 0.299 e. The van der Waals surface area contributed by atoms with Gasteiger partial charge in [-0.05, 0) is 11.6 Å². The molecule has 0 saturated carbocycles. The molecular weight excluding hydrogens is 186 g/mol. The monoisotopic (exact) mass is 198 g/mol. The fraction of sp³-hybridized carbons (Fsp3) is 0.364. The molecule has 3 heteroatoms. The molecule has 0 aliphatic heterocycles. The average Bonchev–Trinajstić information content (AvgIpc) is 2.09. The smallest absolute Gasteiger partial charge is 0.139 e. The Morgan fingerprint density at radius 3 is 2.50 bits per heavy atom. The van der Waals surface area contributed by atoms with E-state index < -0.39 is 11.6 Å². The number of halogens is 2. The Balaban J connectivity index is 2.82. The van der Waals surface area contributed by atoms with E-state index in [2.05, 4.69) is 0 Å². The van der Waals surface area contributed by atoms with Crippen molar-refractivity contribution in [2.75, 3.05) is 0 Å². The first-order valence-electron chi connectivity index (χ1n) is 4.47. The minimum atomic E-state index is -0.654. The van der Waals surface area contributed by atoms with E-state index >= 15 is 0 Å². The van der Waals surface area contributed by atoms with Gasteiger partial charge < -0.3 is 0 Å². The van der Waals surface area contributed by atoms with Gasteiger partial charge in [0.2, 0.25) is 0 Å². The van der Waals surface area contributed by atoms with Gasteiger partial charge in [-0.2, -0.15) is 0 Å². The van der Waals surface area contributed by atoms with Crippen molar-refractivity contribution in [3.05, 3.63) is 35.4 Å². The first kappa shape index (κ1) is 10.8. The summed E-state index contributed by atoms with van der Waals surface area (Å²) in [7, 11) is 0. The van der Waals surface area contributed by atoms with Crippen molar-refractivity contribution in [1.29, 1.82) is 0 Å². The third-order valence-electron chi connectivity index (χ3n) is 2.02. The Labute approximate surface area is 81.7 Å². The van der Waals surface area contributed by atoms with Gasteiger partial charge in [-0.25, -0.2) is 8.78 Å². The van der Waals surface area contributed by atoms with Crippen LogP contribution < -0.4 is 0 Å². The van der Waals surface area contributed by atoms with Gasteiger partial charge in [0.1, 0.15) is 17.4 Å². The lowest BCUT2D eigenvalue weighted by Gasteiger charge is -2.05.